The minimum atomic E-state index is -0.477. The molecule has 0 atom stereocenters. The van der Waals surface area contributed by atoms with E-state index in [9.17, 15) is 9.18 Å². The first-order valence-electron chi connectivity index (χ1n) is 8.73. The molecule has 142 valence electrons. The summed E-state index contributed by atoms with van der Waals surface area (Å²) in [5.41, 5.74) is 2.80. The van der Waals surface area contributed by atoms with Gasteiger partial charge in [-0.25, -0.2) is 9.37 Å². The predicted molar refractivity (Wildman–Crippen MR) is 104 cm³/mol. The van der Waals surface area contributed by atoms with Crippen molar-refractivity contribution in [2.24, 2.45) is 0 Å². The standard InChI is InChI=1S/C19H20FN5O.CH4/c1-12-10-25-11-15(8-16(20)18(25)23-12)24-19(26)14-2-3-17(22-9-14)13-4-6-21-7-5-13;/h2-3,8-11,13,21H,4-7H2,1H3,(H,24,26);1H4. The fraction of sp³-hybridized carbons (Fsp3) is 0.350. The number of anilines is 1. The average Bonchev–Trinajstić information content (AvgIpc) is 3.03. The van der Waals surface area contributed by atoms with Crippen LogP contribution in [0.4, 0.5) is 10.1 Å². The molecule has 27 heavy (non-hydrogen) atoms. The van der Waals surface area contributed by atoms with Gasteiger partial charge < -0.3 is 15.0 Å². The van der Waals surface area contributed by atoms with Gasteiger partial charge in [-0.2, -0.15) is 0 Å². The number of pyridine rings is 2. The molecule has 0 bridgehead atoms. The zero-order chi connectivity index (χ0) is 18.1. The van der Waals surface area contributed by atoms with Crippen molar-refractivity contribution in [2.75, 3.05) is 18.4 Å². The number of imidazole rings is 1. The highest BCUT2D eigenvalue weighted by Crippen LogP contribution is 2.23. The maximum atomic E-state index is 14.1. The quantitative estimate of drug-likeness (QED) is 0.741. The zero-order valence-corrected chi connectivity index (χ0v) is 14.5. The summed E-state index contributed by atoms with van der Waals surface area (Å²) in [6.07, 6.45) is 7.06. The number of amides is 1. The maximum absolute atomic E-state index is 14.1. The van der Waals surface area contributed by atoms with E-state index in [1.54, 1.807) is 36.0 Å². The number of hydrogen-bond acceptors (Lipinski definition) is 4. The predicted octanol–water partition coefficient (Wildman–Crippen LogP) is 3.53. The molecule has 4 rings (SSSR count). The number of fused-ring (bicyclic) bond motifs is 1. The van der Waals surface area contributed by atoms with Gasteiger partial charge in [-0.1, -0.05) is 7.43 Å². The Bertz CT molecular complexity index is 945. The molecule has 2 N–H and O–H groups in total. The summed E-state index contributed by atoms with van der Waals surface area (Å²) in [6, 6.07) is 4.96. The molecule has 1 aliphatic rings. The number of nitrogens with zero attached hydrogens (tertiary/aromatic N) is 3. The fourth-order valence-corrected chi connectivity index (χ4v) is 3.35. The van der Waals surface area contributed by atoms with Crippen molar-refractivity contribution >= 4 is 17.2 Å². The van der Waals surface area contributed by atoms with Gasteiger partial charge in [0.1, 0.15) is 0 Å². The molecule has 0 aliphatic carbocycles. The molecular formula is C20H24FN5O. The first-order valence-corrected chi connectivity index (χ1v) is 8.73. The lowest BCUT2D eigenvalue weighted by atomic mass is 9.94. The van der Waals surface area contributed by atoms with Gasteiger partial charge in [-0.05, 0) is 45.0 Å². The molecule has 0 spiro atoms. The first kappa shape index (κ1) is 19.0. The summed E-state index contributed by atoms with van der Waals surface area (Å²) in [6.45, 7) is 3.78. The van der Waals surface area contributed by atoms with Crippen LogP contribution in [0.1, 0.15) is 47.9 Å². The van der Waals surface area contributed by atoms with Gasteiger partial charge in [0.15, 0.2) is 11.5 Å². The van der Waals surface area contributed by atoms with Gasteiger partial charge in [-0.3, -0.25) is 9.78 Å². The van der Waals surface area contributed by atoms with Gasteiger partial charge in [0, 0.05) is 36.3 Å². The third-order valence-electron chi connectivity index (χ3n) is 4.69. The molecule has 6 nitrogen and oxygen atoms in total. The van der Waals surface area contributed by atoms with Gasteiger partial charge >= 0.3 is 0 Å². The summed E-state index contributed by atoms with van der Waals surface area (Å²) in [4.78, 5) is 21.0. The van der Waals surface area contributed by atoms with Crippen LogP contribution in [-0.2, 0) is 0 Å². The second kappa shape index (κ2) is 7.84. The SMILES string of the molecule is C.Cc1cn2cc(NC(=O)c3ccc(C4CCNCC4)nc3)cc(F)c2n1. The minimum Gasteiger partial charge on any atom is -0.321 e. The second-order valence-corrected chi connectivity index (χ2v) is 6.64. The summed E-state index contributed by atoms with van der Waals surface area (Å²) in [7, 11) is 0. The molecule has 7 heteroatoms. The zero-order valence-electron chi connectivity index (χ0n) is 14.5. The molecule has 0 unspecified atom stereocenters. The van der Waals surface area contributed by atoms with E-state index in [0.29, 0.717) is 22.9 Å². The second-order valence-electron chi connectivity index (χ2n) is 6.64. The molecular weight excluding hydrogens is 345 g/mol. The monoisotopic (exact) mass is 369 g/mol. The Morgan fingerprint density at radius 2 is 2.07 bits per heavy atom. The molecule has 1 aliphatic heterocycles. The van der Waals surface area contributed by atoms with Crippen LogP contribution in [0.2, 0.25) is 0 Å². The molecule has 1 amide bonds. The van der Waals surface area contributed by atoms with Crippen LogP contribution in [0.25, 0.3) is 5.65 Å². The lowest BCUT2D eigenvalue weighted by Crippen LogP contribution is -2.27. The van der Waals surface area contributed by atoms with Crippen LogP contribution < -0.4 is 10.6 Å². The van der Waals surface area contributed by atoms with E-state index >= 15 is 0 Å². The van der Waals surface area contributed by atoms with Gasteiger partial charge in [0.05, 0.1) is 16.9 Å². The normalized spacial score (nSPS) is 14.7. The van der Waals surface area contributed by atoms with Crippen molar-refractivity contribution in [3.05, 3.63) is 59.6 Å². The molecule has 3 aromatic rings. The van der Waals surface area contributed by atoms with E-state index in [-0.39, 0.29) is 19.0 Å². The van der Waals surface area contributed by atoms with E-state index in [1.165, 1.54) is 6.07 Å². The average molecular weight is 369 g/mol. The Morgan fingerprint density at radius 3 is 2.78 bits per heavy atom. The first-order chi connectivity index (χ1) is 12.6. The van der Waals surface area contributed by atoms with E-state index < -0.39 is 5.82 Å². The Labute approximate surface area is 157 Å². The lowest BCUT2D eigenvalue weighted by molar-refractivity contribution is 0.102. The number of halogens is 1. The van der Waals surface area contributed by atoms with Crippen LogP contribution in [0.3, 0.4) is 0 Å². The summed E-state index contributed by atoms with van der Waals surface area (Å²) < 4.78 is 15.7. The number of aryl methyl sites for hydroxylation is 1. The fourth-order valence-electron chi connectivity index (χ4n) is 3.35. The van der Waals surface area contributed by atoms with Crippen LogP contribution in [0.15, 0.2) is 36.8 Å². The third kappa shape index (κ3) is 3.98. The molecule has 0 saturated carbocycles. The number of carbonyl (C=O) groups excluding carboxylic acids is 1. The lowest BCUT2D eigenvalue weighted by Gasteiger charge is -2.22. The Hall–Kier alpha value is -2.80. The molecule has 1 saturated heterocycles. The van der Waals surface area contributed by atoms with Crippen molar-refractivity contribution in [3.8, 4) is 0 Å². The minimum absolute atomic E-state index is 0. The van der Waals surface area contributed by atoms with E-state index in [0.717, 1.165) is 31.6 Å². The van der Waals surface area contributed by atoms with Crippen molar-refractivity contribution < 1.29 is 9.18 Å². The summed E-state index contributed by atoms with van der Waals surface area (Å²) >= 11 is 0. The van der Waals surface area contributed by atoms with Crippen molar-refractivity contribution in [1.82, 2.24) is 19.7 Å². The van der Waals surface area contributed by atoms with E-state index in [2.05, 4.69) is 20.6 Å². The smallest absolute Gasteiger partial charge is 0.257 e. The Morgan fingerprint density at radius 1 is 1.30 bits per heavy atom. The number of piperidine rings is 1. The molecule has 1 fully saturated rings. The maximum Gasteiger partial charge on any atom is 0.257 e. The summed E-state index contributed by atoms with van der Waals surface area (Å²) in [5.74, 6) is -0.352. The van der Waals surface area contributed by atoms with Crippen LogP contribution in [0, 0.1) is 12.7 Å². The number of rotatable bonds is 3. The van der Waals surface area contributed by atoms with Gasteiger partial charge in [-0.15, -0.1) is 0 Å². The van der Waals surface area contributed by atoms with Gasteiger partial charge in [0.25, 0.3) is 5.91 Å². The van der Waals surface area contributed by atoms with Gasteiger partial charge in [0.2, 0.25) is 0 Å². The van der Waals surface area contributed by atoms with Crippen LogP contribution >= 0.6 is 0 Å². The third-order valence-corrected chi connectivity index (χ3v) is 4.69. The van der Waals surface area contributed by atoms with Crippen LogP contribution in [0.5, 0.6) is 0 Å². The largest absolute Gasteiger partial charge is 0.321 e. The highest BCUT2D eigenvalue weighted by molar-refractivity contribution is 6.04. The summed E-state index contributed by atoms with van der Waals surface area (Å²) in [5, 5.41) is 6.05. The van der Waals surface area contributed by atoms with E-state index in [1.807, 2.05) is 6.07 Å². The highest BCUT2D eigenvalue weighted by atomic mass is 19.1. The van der Waals surface area contributed by atoms with Crippen molar-refractivity contribution in [2.45, 2.75) is 33.1 Å². The molecule has 4 heterocycles. The number of carbonyl (C=O) groups is 1. The Balaban J connectivity index is 0.00000210. The topological polar surface area (TPSA) is 71.3 Å². The number of nitrogens with one attached hydrogen (secondary N) is 2. The number of hydrogen-bond donors (Lipinski definition) is 2. The van der Waals surface area contributed by atoms with E-state index in [4.69, 9.17) is 0 Å². The Kier molecular flexibility index (Phi) is 5.51. The number of aromatic nitrogens is 3. The van der Waals surface area contributed by atoms with Crippen molar-refractivity contribution in [1.29, 1.82) is 0 Å². The van der Waals surface area contributed by atoms with Crippen LogP contribution in [-0.4, -0.2) is 33.4 Å². The molecule has 0 aromatic carbocycles. The van der Waals surface area contributed by atoms with Crippen molar-refractivity contribution in [3.63, 3.8) is 0 Å². The molecule has 0 radical (unpaired) electrons. The molecule has 3 aromatic heterocycles. The highest BCUT2D eigenvalue weighted by Gasteiger charge is 2.17.